The lowest BCUT2D eigenvalue weighted by molar-refractivity contribution is 0.437. The average Bonchev–Trinajstić information content (AvgIpc) is 2.37. The maximum absolute atomic E-state index is 12.2. The highest BCUT2D eigenvalue weighted by atomic mass is 32.2. The molecule has 1 unspecified atom stereocenters. The topological polar surface area (TPSA) is 58.2 Å². The molecule has 0 heterocycles. The fourth-order valence-corrected chi connectivity index (χ4v) is 3.38. The van der Waals surface area contributed by atoms with Crippen LogP contribution < -0.4 is 10.0 Å². The van der Waals surface area contributed by atoms with E-state index in [1.807, 2.05) is 27.7 Å². The molecule has 5 heteroatoms. The lowest BCUT2D eigenvalue weighted by Gasteiger charge is -2.20. The van der Waals surface area contributed by atoms with Gasteiger partial charge in [-0.3, -0.25) is 0 Å². The predicted octanol–water partition coefficient (Wildman–Crippen LogP) is 2.83. The van der Waals surface area contributed by atoms with E-state index in [4.69, 9.17) is 0 Å². The van der Waals surface area contributed by atoms with Gasteiger partial charge < -0.3 is 5.32 Å². The van der Waals surface area contributed by atoms with E-state index in [0.717, 1.165) is 18.7 Å². The Balaban J connectivity index is 2.87. The van der Waals surface area contributed by atoms with Gasteiger partial charge in [-0.05, 0) is 43.5 Å². The molecular formula is C14H24N2O2S. The number of hydrogen-bond donors (Lipinski definition) is 2. The highest BCUT2D eigenvalue weighted by molar-refractivity contribution is 7.89. The summed E-state index contributed by atoms with van der Waals surface area (Å²) in [5.74, 6) is 0.279. The minimum Gasteiger partial charge on any atom is -0.385 e. The van der Waals surface area contributed by atoms with E-state index in [1.165, 1.54) is 0 Å². The normalized spacial score (nSPS) is 13.5. The van der Waals surface area contributed by atoms with Gasteiger partial charge in [0.15, 0.2) is 0 Å². The zero-order valence-corrected chi connectivity index (χ0v) is 12.9. The fourth-order valence-electron chi connectivity index (χ4n) is 1.91. The summed E-state index contributed by atoms with van der Waals surface area (Å²) in [6.45, 7) is 8.84. The molecule has 0 saturated heterocycles. The molecule has 0 bridgehead atoms. The third-order valence-electron chi connectivity index (χ3n) is 3.10. The Morgan fingerprint density at radius 1 is 1.11 bits per heavy atom. The van der Waals surface area contributed by atoms with Crippen LogP contribution in [0.1, 0.15) is 34.1 Å². The molecule has 2 N–H and O–H groups in total. The van der Waals surface area contributed by atoms with Gasteiger partial charge in [0.1, 0.15) is 0 Å². The van der Waals surface area contributed by atoms with Crippen molar-refractivity contribution in [1.29, 1.82) is 0 Å². The Labute approximate surface area is 116 Å². The van der Waals surface area contributed by atoms with Crippen LogP contribution >= 0.6 is 0 Å². The van der Waals surface area contributed by atoms with Gasteiger partial charge in [-0.2, -0.15) is 0 Å². The van der Waals surface area contributed by atoms with Crippen molar-refractivity contribution in [3.05, 3.63) is 24.3 Å². The standard InChI is InChI=1S/C14H24N2O2S/c1-5-14(11(3)4)16-19(17,18)13-9-7-12(8-10-13)15-6-2/h7-11,14-16H,5-6H2,1-4H3. The summed E-state index contributed by atoms with van der Waals surface area (Å²) in [6.07, 6.45) is 0.784. The SMILES string of the molecule is CCNc1ccc(S(=O)(=O)NC(CC)C(C)C)cc1. The Hall–Kier alpha value is -1.07. The van der Waals surface area contributed by atoms with Crippen molar-refractivity contribution in [3.8, 4) is 0 Å². The predicted molar refractivity (Wildman–Crippen MR) is 79.8 cm³/mol. The van der Waals surface area contributed by atoms with Crippen molar-refractivity contribution in [2.45, 2.75) is 45.1 Å². The summed E-state index contributed by atoms with van der Waals surface area (Å²) in [5.41, 5.74) is 0.928. The third-order valence-corrected chi connectivity index (χ3v) is 4.60. The van der Waals surface area contributed by atoms with Crippen molar-refractivity contribution in [2.24, 2.45) is 5.92 Å². The van der Waals surface area contributed by atoms with Crippen molar-refractivity contribution in [3.63, 3.8) is 0 Å². The first-order valence-corrected chi connectivity index (χ1v) is 8.25. The van der Waals surface area contributed by atoms with E-state index in [9.17, 15) is 8.42 Å². The summed E-state index contributed by atoms with van der Waals surface area (Å²) < 4.78 is 27.2. The van der Waals surface area contributed by atoms with Crippen LogP contribution in [0.25, 0.3) is 0 Å². The van der Waals surface area contributed by atoms with Crippen LogP contribution in [-0.2, 0) is 10.0 Å². The molecule has 1 rings (SSSR count). The minimum absolute atomic E-state index is 0.0292. The Bertz CT molecular complexity index is 481. The summed E-state index contributed by atoms with van der Waals surface area (Å²) in [6, 6.07) is 6.81. The van der Waals surface area contributed by atoms with Crippen molar-refractivity contribution in [1.82, 2.24) is 4.72 Å². The number of anilines is 1. The quantitative estimate of drug-likeness (QED) is 0.809. The molecule has 0 aliphatic rings. The van der Waals surface area contributed by atoms with Crippen molar-refractivity contribution >= 4 is 15.7 Å². The monoisotopic (exact) mass is 284 g/mol. The van der Waals surface area contributed by atoms with Gasteiger partial charge in [-0.15, -0.1) is 0 Å². The van der Waals surface area contributed by atoms with Crippen molar-refractivity contribution in [2.75, 3.05) is 11.9 Å². The van der Waals surface area contributed by atoms with Crippen LogP contribution in [0.4, 0.5) is 5.69 Å². The zero-order chi connectivity index (χ0) is 14.5. The molecule has 1 atom stereocenters. The highest BCUT2D eigenvalue weighted by Crippen LogP contribution is 2.16. The van der Waals surface area contributed by atoms with Crippen LogP contribution in [0, 0.1) is 5.92 Å². The summed E-state index contributed by atoms with van der Waals surface area (Å²) in [5, 5.41) is 3.14. The van der Waals surface area contributed by atoms with Gasteiger partial charge in [0, 0.05) is 18.3 Å². The lowest BCUT2D eigenvalue weighted by Crippen LogP contribution is -2.37. The number of nitrogens with one attached hydrogen (secondary N) is 2. The molecule has 1 aromatic rings. The highest BCUT2D eigenvalue weighted by Gasteiger charge is 2.20. The van der Waals surface area contributed by atoms with Gasteiger partial charge in [-0.25, -0.2) is 13.1 Å². The van der Waals surface area contributed by atoms with Gasteiger partial charge >= 0.3 is 0 Å². The smallest absolute Gasteiger partial charge is 0.240 e. The average molecular weight is 284 g/mol. The third kappa shape index (κ3) is 4.51. The largest absolute Gasteiger partial charge is 0.385 e. The molecule has 0 fully saturated rings. The second-order valence-corrected chi connectivity index (χ2v) is 6.65. The van der Waals surface area contributed by atoms with E-state index in [1.54, 1.807) is 24.3 Å². The summed E-state index contributed by atoms with van der Waals surface area (Å²) in [7, 11) is -3.43. The molecule has 0 radical (unpaired) electrons. The van der Waals surface area contributed by atoms with Crippen LogP contribution in [0.5, 0.6) is 0 Å². The maximum Gasteiger partial charge on any atom is 0.240 e. The van der Waals surface area contributed by atoms with E-state index in [-0.39, 0.29) is 12.0 Å². The number of hydrogen-bond acceptors (Lipinski definition) is 3. The van der Waals surface area contributed by atoms with E-state index in [2.05, 4.69) is 10.0 Å². The minimum atomic E-state index is -3.43. The Morgan fingerprint density at radius 2 is 1.68 bits per heavy atom. The molecule has 0 amide bonds. The molecule has 0 spiro atoms. The Morgan fingerprint density at radius 3 is 2.11 bits per heavy atom. The molecule has 19 heavy (non-hydrogen) atoms. The van der Waals surface area contributed by atoms with Gasteiger partial charge in [0.2, 0.25) is 10.0 Å². The van der Waals surface area contributed by atoms with Crippen LogP contribution in [0.3, 0.4) is 0 Å². The van der Waals surface area contributed by atoms with E-state index < -0.39 is 10.0 Å². The van der Waals surface area contributed by atoms with Crippen LogP contribution in [0.2, 0.25) is 0 Å². The lowest BCUT2D eigenvalue weighted by atomic mass is 10.0. The second-order valence-electron chi connectivity index (χ2n) is 4.93. The van der Waals surface area contributed by atoms with Crippen LogP contribution in [-0.4, -0.2) is 21.0 Å². The molecule has 4 nitrogen and oxygen atoms in total. The summed E-state index contributed by atoms with van der Waals surface area (Å²) >= 11 is 0. The number of benzene rings is 1. The summed E-state index contributed by atoms with van der Waals surface area (Å²) in [4.78, 5) is 0.313. The Kier molecular flexibility index (Phi) is 5.82. The number of sulfonamides is 1. The molecule has 108 valence electrons. The fraction of sp³-hybridized carbons (Fsp3) is 0.571. The van der Waals surface area contributed by atoms with Crippen molar-refractivity contribution < 1.29 is 8.42 Å². The van der Waals surface area contributed by atoms with Gasteiger partial charge in [-0.1, -0.05) is 20.8 Å². The second kappa shape index (κ2) is 6.91. The maximum atomic E-state index is 12.2. The first kappa shape index (κ1) is 16.0. The molecule has 0 aliphatic carbocycles. The first-order valence-electron chi connectivity index (χ1n) is 6.77. The molecular weight excluding hydrogens is 260 g/mol. The molecule has 0 aromatic heterocycles. The molecule has 0 saturated carbocycles. The van der Waals surface area contributed by atoms with Gasteiger partial charge in [0.25, 0.3) is 0 Å². The number of rotatable bonds is 7. The zero-order valence-electron chi connectivity index (χ0n) is 12.1. The van der Waals surface area contributed by atoms with E-state index in [0.29, 0.717) is 4.90 Å². The van der Waals surface area contributed by atoms with Crippen LogP contribution in [0.15, 0.2) is 29.2 Å². The van der Waals surface area contributed by atoms with E-state index >= 15 is 0 Å². The first-order chi connectivity index (χ1) is 8.90. The van der Waals surface area contributed by atoms with Gasteiger partial charge in [0.05, 0.1) is 4.90 Å². The molecule has 0 aliphatic heterocycles. The molecule has 1 aromatic carbocycles.